The van der Waals surface area contributed by atoms with Crippen LogP contribution in [0.15, 0.2) is 55.1 Å². The third-order valence-corrected chi connectivity index (χ3v) is 4.36. The number of nitrogens with zero attached hydrogens (tertiary/aromatic N) is 6. The summed E-state index contributed by atoms with van der Waals surface area (Å²) < 4.78 is 3.77. The SMILES string of the molecule is CC(C)n1cnnc1CN(C)C(=O)N[C@H](Cn1cccn1)c1ccccc1. The van der Waals surface area contributed by atoms with Gasteiger partial charge in [-0.2, -0.15) is 5.10 Å². The minimum Gasteiger partial charge on any atom is -0.329 e. The van der Waals surface area contributed by atoms with E-state index in [2.05, 4.69) is 34.5 Å². The molecule has 8 nitrogen and oxygen atoms in total. The number of aromatic nitrogens is 5. The monoisotopic (exact) mass is 367 g/mol. The number of amides is 2. The van der Waals surface area contributed by atoms with Gasteiger partial charge >= 0.3 is 6.03 Å². The number of carbonyl (C=O) groups excluding carboxylic acids is 1. The molecule has 0 aliphatic carbocycles. The molecule has 27 heavy (non-hydrogen) atoms. The molecule has 8 heteroatoms. The lowest BCUT2D eigenvalue weighted by atomic mass is 10.1. The molecule has 142 valence electrons. The summed E-state index contributed by atoms with van der Waals surface area (Å²) in [4.78, 5) is 14.4. The van der Waals surface area contributed by atoms with Crippen molar-refractivity contribution in [3.05, 3.63) is 66.5 Å². The van der Waals surface area contributed by atoms with E-state index in [0.29, 0.717) is 13.1 Å². The molecule has 2 heterocycles. The molecule has 0 bridgehead atoms. The van der Waals surface area contributed by atoms with Gasteiger partial charge in [0.25, 0.3) is 0 Å². The lowest BCUT2D eigenvalue weighted by molar-refractivity contribution is 0.198. The summed E-state index contributed by atoms with van der Waals surface area (Å²) in [6.45, 7) is 5.05. The maximum absolute atomic E-state index is 12.8. The second-order valence-corrected chi connectivity index (χ2v) is 6.75. The van der Waals surface area contributed by atoms with E-state index in [1.165, 1.54) is 0 Å². The summed E-state index contributed by atoms with van der Waals surface area (Å²) in [5.41, 5.74) is 1.03. The van der Waals surface area contributed by atoms with Crippen LogP contribution in [-0.4, -0.2) is 42.5 Å². The average molecular weight is 367 g/mol. The van der Waals surface area contributed by atoms with Crippen molar-refractivity contribution >= 4 is 6.03 Å². The Bertz CT molecular complexity index is 842. The molecule has 2 aromatic heterocycles. The van der Waals surface area contributed by atoms with Crippen molar-refractivity contribution in [1.29, 1.82) is 0 Å². The number of hydrogen-bond donors (Lipinski definition) is 1. The Labute approximate surface area is 158 Å². The van der Waals surface area contributed by atoms with Crippen molar-refractivity contribution in [2.24, 2.45) is 0 Å². The Kier molecular flexibility index (Phi) is 5.85. The van der Waals surface area contributed by atoms with Crippen LogP contribution in [0.3, 0.4) is 0 Å². The van der Waals surface area contributed by atoms with Gasteiger partial charge in [0, 0.05) is 25.5 Å². The Hall–Kier alpha value is -3.16. The minimum absolute atomic E-state index is 0.172. The van der Waals surface area contributed by atoms with Gasteiger partial charge in [0.1, 0.15) is 6.33 Å². The summed E-state index contributed by atoms with van der Waals surface area (Å²) in [5, 5.41) is 15.4. The van der Waals surface area contributed by atoms with Crippen LogP contribution in [-0.2, 0) is 13.1 Å². The zero-order chi connectivity index (χ0) is 19.2. The van der Waals surface area contributed by atoms with Gasteiger partial charge in [0.2, 0.25) is 0 Å². The van der Waals surface area contributed by atoms with E-state index < -0.39 is 0 Å². The molecule has 0 aliphatic heterocycles. The van der Waals surface area contributed by atoms with Crippen LogP contribution >= 0.6 is 0 Å². The fraction of sp³-hybridized carbons (Fsp3) is 0.368. The summed E-state index contributed by atoms with van der Waals surface area (Å²) in [6.07, 6.45) is 5.31. The Morgan fingerprint density at radius 1 is 1.22 bits per heavy atom. The van der Waals surface area contributed by atoms with E-state index in [0.717, 1.165) is 11.4 Å². The summed E-state index contributed by atoms with van der Waals surface area (Å²) in [7, 11) is 1.75. The quantitative estimate of drug-likeness (QED) is 0.696. The summed E-state index contributed by atoms with van der Waals surface area (Å²) >= 11 is 0. The molecule has 0 aliphatic rings. The summed E-state index contributed by atoms with van der Waals surface area (Å²) in [5.74, 6) is 0.756. The van der Waals surface area contributed by atoms with E-state index in [9.17, 15) is 4.79 Å². The van der Waals surface area contributed by atoms with Crippen molar-refractivity contribution in [1.82, 2.24) is 34.8 Å². The van der Waals surface area contributed by atoms with E-state index in [1.54, 1.807) is 24.5 Å². The summed E-state index contributed by atoms with van der Waals surface area (Å²) in [6, 6.07) is 11.6. The molecular formula is C19H25N7O. The standard InChI is InChI=1S/C19H25N7O/c1-15(2)26-14-20-23-18(26)13-24(3)19(27)22-17(12-25-11-7-10-21-25)16-8-5-4-6-9-16/h4-11,14-15,17H,12-13H2,1-3H3,(H,22,27)/t17-/m1/s1. The maximum Gasteiger partial charge on any atom is 0.318 e. The van der Waals surface area contributed by atoms with Gasteiger partial charge in [-0.15, -0.1) is 10.2 Å². The van der Waals surface area contributed by atoms with Crippen molar-refractivity contribution in [3.63, 3.8) is 0 Å². The second-order valence-electron chi connectivity index (χ2n) is 6.75. The van der Waals surface area contributed by atoms with Gasteiger partial charge in [-0.3, -0.25) is 4.68 Å². The third kappa shape index (κ3) is 4.72. The number of rotatable bonds is 7. The van der Waals surface area contributed by atoms with Crippen LogP contribution in [0.4, 0.5) is 4.79 Å². The zero-order valence-corrected chi connectivity index (χ0v) is 15.9. The lowest BCUT2D eigenvalue weighted by Crippen LogP contribution is -2.40. The highest BCUT2D eigenvalue weighted by atomic mass is 16.2. The van der Waals surface area contributed by atoms with Crippen molar-refractivity contribution in [3.8, 4) is 0 Å². The van der Waals surface area contributed by atoms with Gasteiger partial charge < -0.3 is 14.8 Å². The maximum atomic E-state index is 12.8. The largest absolute Gasteiger partial charge is 0.329 e. The van der Waals surface area contributed by atoms with Crippen molar-refractivity contribution in [2.45, 2.75) is 39.0 Å². The van der Waals surface area contributed by atoms with Gasteiger partial charge in [-0.1, -0.05) is 30.3 Å². The Morgan fingerprint density at radius 3 is 2.67 bits per heavy atom. The highest BCUT2D eigenvalue weighted by molar-refractivity contribution is 5.74. The molecule has 2 amide bonds. The van der Waals surface area contributed by atoms with E-state index in [1.807, 2.05) is 51.8 Å². The van der Waals surface area contributed by atoms with Gasteiger partial charge in [0.15, 0.2) is 5.82 Å². The molecule has 0 unspecified atom stereocenters. The minimum atomic E-state index is -0.191. The normalized spacial score (nSPS) is 12.1. The van der Waals surface area contributed by atoms with Gasteiger partial charge in [-0.05, 0) is 25.5 Å². The van der Waals surface area contributed by atoms with Crippen molar-refractivity contribution in [2.75, 3.05) is 7.05 Å². The molecule has 3 rings (SSSR count). The Balaban J connectivity index is 1.70. The molecule has 0 saturated carbocycles. The molecule has 0 saturated heterocycles. The predicted molar refractivity (Wildman–Crippen MR) is 102 cm³/mol. The van der Waals surface area contributed by atoms with Crippen LogP contribution in [0, 0.1) is 0 Å². The fourth-order valence-corrected chi connectivity index (χ4v) is 2.87. The first-order chi connectivity index (χ1) is 13.0. The first-order valence-corrected chi connectivity index (χ1v) is 8.97. The zero-order valence-electron chi connectivity index (χ0n) is 15.9. The average Bonchev–Trinajstić information content (AvgIpc) is 3.33. The number of benzene rings is 1. The molecular weight excluding hydrogens is 342 g/mol. The van der Waals surface area contributed by atoms with Gasteiger partial charge in [-0.25, -0.2) is 4.79 Å². The topological polar surface area (TPSA) is 80.9 Å². The van der Waals surface area contributed by atoms with E-state index in [-0.39, 0.29) is 18.1 Å². The molecule has 0 spiro atoms. The molecule has 0 fully saturated rings. The smallest absolute Gasteiger partial charge is 0.318 e. The van der Waals surface area contributed by atoms with Gasteiger partial charge in [0.05, 0.1) is 19.1 Å². The number of carbonyl (C=O) groups is 1. The Morgan fingerprint density at radius 2 is 2.00 bits per heavy atom. The highest BCUT2D eigenvalue weighted by Crippen LogP contribution is 2.16. The number of hydrogen-bond acceptors (Lipinski definition) is 4. The second kappa shape index (κ2) is 8.48. The van der Waals surface area contributed by atoms with E-state index in [4.69, 9.17) is 0 Å². The number of urea groups is 1. The highest BCUT2D eigenvalue weighted by Gasteiger charge is 2.19. The lowest BCUT2D eigenvalue weighted by Gasteiger charge is -2.24. The van der Waals surface area contributed by atoms with Crippen LogP contribution in [0.2, 0.25) is 0 Å². The molecule has 1 atom stereocenters. The first-order valence-electron chi connectivity index (χ1n) is 8.97. The number of nitrogens with one attached hydrogen (secondary N) is 1. The molecule has 1 aromatic carbocycles. The van der Waals surface area contributed by atoms with Crippen molar-refractivity contribution < 1.29 is 4.79 Å². The van der Waals surface area contributed by atoms with E-state index >= 15 is 0 Å². The van der Waals surface area contributed by atoms with Crippen LogP contribution in [0.5, 0.6) is 0 Å². The van der Waals surface area contributed by atoms with Crippen LogP contribution < -0.4 is 5.32 Å². The molecule has 0 radical (unpaired) electrons. The van der Waals surface area contributed by atoms with Crippen LogP contribution in [0.1, 0.15) is 37.3 Å². The van der Waals surface area contributed by atoms with Crippen LogP contribution in [0.25, 0.3) is 0 Å². The predicted octanol–water partition coefficient (Wildman–Crippen LogP) is 2.64. The third-order valence-electron chi connectivity index (χ3n) is 4.36. The first kappa shape index (κ1) is 18.6. The molecule has 3 aromatic rings. The molecule has 1 N–H and O–H groups in total. The fourth-order valence-electron chi connectivity index (χ4n) is 2.87.